The van der Waals surface area contributed by atoms with E-state index in [-0.39, 0.29) is 53.8 Å². The van der Waals surface area contributed by atoms with Crippen LogP contribution in [0, 0.1) is 11.8 Å². The number of hydrogen-bond donors (Lipinski definition) is 5. The SMILES string of the molecule is CC(NC(=O)Cn1cnnn1)[C@H]1C(=O)N2C(C(=O)O)=C(S[C@@H]3CN[C@H](C(=O)N4CCC(N)(CO)C4)C3)[C@H](C)[C@H]12. The number of nitrogens with zero attached hydrogens (tertiary/aromatic N) is 6. The highest BCUT2D eigenvalue weighted by molar-refractivity contribution is 8.03. The zero-order valence-electron chi connectivity index (χ0n) is 21.7. The Hall–Kier alpha value is -3.08. The largest absolute Gasteiger partial charge is 0.477 e. The number of nitrogens with two attached hydrogens (primary N) is 1. The third kappa shape index (κ3) is 5.01. The number of β-lactam (4-membered cyclic amide) rings is 1. The minimum Gasteiger partial charge on any atom is -0.477 e. The van der Waals surface area contributed by atoms with Crippen LogP contribution in [0.4, 0.5) is 0 Å². The van der Waals surface area contributed by atoms with Crippen molar-refractivity contribution in [3.63, 3.8) is 0 Å². The lowest BCUT2D eigenvalue weighted by atomic mass is 9.78. The molecule has 0 aliphatic carbocycles. The van der Waals surface area contributed by atoms with Crippen LogP contribution in [0.3, 0.4) is 0 Å². The van der Waals surface area contributed by atoms with Gasteiger partial charge < -0.3 is 36.4 Å². The van der Waals surface area contributed by atoms with E-state index in [4.69, 9.17) is 5.73 Å². The van der Waals surface area contributed by atoms with E-state index in [1.807, 2.05) is 6.92 Å². The Labute approximate surface area is 228 Å². The average molecular weight is 564 g/mol. The van der Waals surface area contributed by atoms with Crippen molar-refractivity contribution in [3.8, 4) is 0 Å². The number of aromatic nitrogens is 4. The molecule has 0 saturated carbocycles. The van der Waals surface area contributed by atoms with Crippen LogP contribution in [-0.4, -0.2) is 119 Å². The Kier molecular flexibility index (Phi) is 7.39. The lowest BCUT2D eigenvalue weighted by Gasteiger charge is -2.47. The van der Waals surface area contributed by atoms with Crippen LogP contribution < -0.4 is 16.4 Å². The van der Waals surface area contributed by atoms with Gasteiger partial charge in [-0.05, 0) is 30.2 Å². The van der Waals surface area contributed by atoms with Crippen LogP contribution in [0.2, 0.25) is 0 Å². The smallest absolute Gasteiger partial charge is 0.353 e. The Morgan fingerprint density at radius 3 is 2.79 bits per heavy atom. The molecular formula is C23H33N9O6S. The van der Waals surface area contributed by atoms with Gasteiger partial charge in [0.15, 0.2) is 0 Å². The number of amides is 3. The molecule has 6 N–H and O–H groups in total. The first-order chi connectivity index (χ1) is 18.5. The number of carbonyl (C=O) groups is 4. The van der Waals surface area contributed by atoms with Crippen LogP contribution in [0.1, 0.15) is 26.7 Å². The van der Waals surface area contributed by atoms with E-state index < -0.39 is 29.5 Å². The van der Waals surface area contributed by atoms with Gasteiger partial charge in [-0.25, -0.2) is 9.48 Å². The number of nitrogens with one attached hydrogen (secondary N) is 2. The van der Waals surface area contributed by atoms with Gasteiger partial charge in [-0.3, -0.25) is 14.4 Å². The number of rotatable bonds is 9. The van der Waals surface area contributed by atoms with Crippen molar-refractivity contribution in [1.82, 2.24) is 40.6 Å². The number of thioether (sulfide) groups is 1. The van der Waals surface area contributed by atoms with Crippen molar-refractivity contribution >= 4 is 35.5 Å². The van der Waals surface area contributed by atoms with Crippen molar-refractivity contribution in [2.24, 2.45) is 17.6 Å². The van der Waals surface area contributed by atoms with E-state index in [2.05, 4.69) is 26.2 Å². The molecular weight excluding hydrogens is 530 g/mol. The van der Waals surface area contributed by atoms with Gasteiger partial charge in [-0.15, -0.1) is 16.9 Å². The van der Waals surface area contributed by atoms with Crippen molar-refractivity contribution in [2.75, 3.05) is 26.2 Å². The van der Waals surface area contributed by atoms with E-state index in [1.165, 1.54) is 27.7 Å². The fourth-order valence-electron chi connectivity index (χ4n) is 6.08. The van der Waals surface area contributed by atoms with E-state index in [0.717, 1.165) is 0 Å². The summed E-state index contributed by atoms with van der Waals surface area (Å²) in [6.07, 6.45) is 2.36. The third-order valence-corrected chi connectivity index (χ3v) is 9.62. The summed E-state index contributed by atoms with van der Waals surface area (Å²) in [6, 6.07) is -1.33. The van der Waals surface area contributed by atoms with Crippen LogP contribution in [-0.2, 0) is 25.7 Å². The second kappa shape index (κ2) is 10.5. The molecule has 39 heavy (non-hydrogen) atoms. The summed E-state index contributed by atoms with van der Waals surface area (Å²) < 4.78 is 1.27. The fraction of sp³-hybridized carbons (Fsp3) is 0.696. The van der Waals surface area contributed by atoms with Crippen LogP contribution in [0.15, 0.2) is 16.9 Å². The standard InChI is InChI=1S/C23H33N9O6S/c1-11-17-16(12(2)27-15(34)7-31-10-26-28-29-31)21(36)32(17)18(22(37)38)19(11)39-13-5-14(25-6-13)20(35)30-4-3-23(24,8-30)9-33/h10-14,16-17,25,33H,3-9,24H2,1-2H3,(H,27,34)(H,37,38)/t11-,12?,13+,14+,16-,17-,23?/m1/s1. The first-order valence-corrected chi connectivity index (χ1v) is 13.8. The second-order valence-corrected chi connectivity index (χ2v) is 12.2. The number of aliphatic hydroxyl groups excluding tert-OH is 1. The summed E-state index contributed by atoms with van der Waals surface area (Å²) >= 11 is 1.40. The number of carbonyl (C=O) groups excluding carboxylic acids is 3. The van der Waals surface area contributed by atoms with Gasteiger partial charge >= 0.3 is 5.97 Å². The molecule has 7 atom stereocenters. The zero-order valence-corrected chi connectivity index (χ0v) is 22.5. The molecule has 0 aromatic carbocycles. The number of carboxylic acid groups (broad SMARTS) is 1. The van der Waals surface area contributed by atoms with Crippen molar-refractivity contribution < 1.29 is 29.4 Å². The van der Waals surface area contributed by atoms with Gasteiger partial charge in [-0.1, -0.05) is 6.92 Å². The zero-order chi connectivity index (χ0) is 28.1. The van der Waals surface area contributed by atoms with E-state index >= 15 is 0 Å². The van der Waals surface area contributed by atoms with Gasteiger partial charge in [0, 0.05) is 41.7 Å². The minimum atomic E-state index is -1.17. The molecule has 0 radical (unpaired) electrons. The monoisotopic (exact) mass is 563 g/mol. The van der Waals surface area contributed by atoms with E-state index in [0.29, 0.717) is 37.4 Å². The molecule has 16 heteroatoms. The van der Waals surface area contributed by atoms with Gasteiger partial charge in [0.25, 0.3) is 0 Å². The molecule has 1 aromatic rings. The summed E-state index contributed by atoms with van der Waals surface area (Å²) in [4.78, 5) is 54.5. The molecule has 5 rings (SSSR count). The molecule has 4 aliphatic rings. The van der Waals surface area contributed by atoms with Gasteiger partial charge in [0.1, 0.15) is 18.6 Å². The van der Waals surface area contributed by atoms with Crippen molar-refractivity contribution in [2.45, 2.75) is 62.1 Å². The Morgan fingerprint density at radius 2 is 2.15 bits per heavy atom. The highest BCUT2D eigenvalue weighted by atomic mass is 32.2. The van der Waals surface area contributed by atoms with E-state index in [1.54, 1.807) is 11.8 Å². The fourth-order valence-corrected chi connectivity index (χ4v) is 7.56. The summed E-state index contributed by atoms with van der Waals surface area (Å²) in [5.74, 6) is -2.76. The quantitative estimate of drug-likeness (QED) is 0.195. The number of aliphatic carboxylic acids is 1. The number of carboxylic acids is 1. The minimum absolute atomic E-state index is 0.0175. The van der Waals surface area contributed by atoms with Gasteiger partial charge in [-0.2, -0.15) is 0 Å². The van der Waals surface area contributed by atoms with Crippen LogP contribution in [0.25, 0.3) is 0 Å². The Morgan fingerprint density at radius 1 is 1.38 bits per heavy atom. The summed E-state index contributed by atoms with van der Waals surface area (Å²) in [5.41, 5.74) is 5.33. The predicted molar refractivity (Wildman–Crippen MR) is 136 cm³/mol. The summed E-state index contributed by atoms with van der Waals surface area (Å²) in [5, 5.41) is 36.2. The lowest BCUT2D eigenvalue weighted by Crippen LogP contribution is -2.66. The first kappa shape index (κ1) is 27.5. The molecule has 15 nitrogen and oxygen atoms in total. The van der Waals surface area contributed by atoms with Crippen molar-refractivity contribution in [3.05, 3.63) is 16.9 Å². The van der Waals surface area contributed by atoms with Crippen LogP contribution >= 0.6 is 11.8 Å². The van der Waals surface area contributed by atoms with E-state index in [9.17, 15) is 29.4 Å². The molecule has 1 aromatic heterocycles. The molecule has 3 amide bonds. The maximum atomic E-state index is 13.1. The third-order valence-electron chi connectivity index (χ3n) is 8.11. The number of aliphatic hydroxyl groups is 1. The van der Waals surface area contributed by atoms with Gasteiger partial charge in [0.2, 0.25) is 17.7 Å². The van der Waals surface area contributed by atoms with Crippen molar-refractivity contribution in [1.29, 1.82) is 0 Å². The highest BCUT2D eigenvalue weighted by Crippen LogP contribution is 2.51. The lowest BCUT2D eigenvalue weighted by molar-refractivity contribution is -0.158. The molecule has 212 valence electrons. The molecule has 3 fully saturated rings. The molecule has 4 aliphatic heterocycles. The average Bonchev–Trinajstić information content (AvgIpc) is 3.67. The number of likely N-dealkylation sites (tertiary alicyclic amines) is 1. The molecule has 2 unspecified atom stereocenters. The maximum absolute atomic E-state index is 13.1. The number of tetrazole rings is 1. The molecule has 5 heterocycles. The number of hydrogen-bond acceptors (Lipinski definition) is 11. The highest BCUT2D eigenvalue weighted by Gasteiger charge is 2.60. The molecule has 3 saturated heterocycles. The normalized spacial score (nSPS) is 32.8. The predicted octanol–water partition coefficient (Wildman–Crippen LogP) is -2.66. The summed E-state index contributed by atoms with van der Waals surface area (Å²) in [6.45, 7) is 4.65. The Balaban J connectivity index is 1.22. The molecule has 0 bridgehead atoms. The topological polar surface area (TPSA) is 209 Å². The van der Waals surface area contributed by atoms with Crippen LogP contribution in [0.5, 0.6) is 0 Å². The molecule has 0 spiro atoms. The first-order valence-electron chi connectivity index (χ1n) is 12.9. The maximum Gasteiger partial charge on any atom is 0.353 e. The summed E-state index contributed by atoms with van der Waals surface area (Å²) in [7, 11) is 0. The Bertz CT molecular complexity index is 1190. The second-order valence-electron chi connectivity index (χ2n) is 10.9. The number of fused-ring (bicyclic) bond motifs is 1. The van der Waals surface area contributed by atoms with Gasteiger partial charge in [0.05, 0.1) is 30.1 Å².